The molecular weight excluding hydrogens is 260 g/mol. The molecule has 3 aromatic rings. The number of methoxy groups -OCH3 is 1. The number of benzene rings is 1. The molecule has 2 heterocycles. The highest BCUT2D eigenvalue weighted by molar-refractivity contribution is 5.83. The van der Waals surface area contributed by atoms with Crippen LogP contribution < -0.4 is 16.0 Å². The maximum atomic E-state index is 12.5. The van der Waals surface area contributed by atoms with E-state index in [0.29, 0.717) is 22.4 Å². The van der Waals surface area contributed by atoms with Crippen LogP contribution in [0.3, 0.4) is 0 Å². The second-order valence-electron chi connectivity index (χ2n) is 4.34. The highest BCUT2D eigenvalue weighted by Gasteiger charge is 2.14. The second-order valence-corrected chi connectivity index (χ2v) is 4.34. The Bertz CT molecular complexity index is 901. The SMILES string of the molecule is COc1cccc2c(=O)n(-c3ccc(C)o3)c(=O)[nH]c12. The number of nitrogens with one attached hydrogen (secondary N) is 1. The zero-order chi connectivity index (χ0) is 14.3. The topological polar surface area (TPSA) is 77.2 Å². The average molecular weight is 272 g/mol. The van der Waals surface area contributed by atoms with Gasteiger partial charge in [-0.05, 0) is 25.1 Å². The summed E-state index contributed by atoms with van der Waals surface area (Å²) < 4.78 is 11.5. The number of para-hydroxylation sites is 1. The summed E-state index contributed by atoms with van der Waals surface area (Å²) in [5, 5.41) is 0.359. The predicted molar refractivity (Wildman–Crippen MR) is 73.7 cm³/mol. The van der Waals surface area contributed by atoms with E-state index in [1.807, 2.05) is 0 Å². The Morgan fingerprint density at radius 2 is 2.00 bits per heavy atom. The minimum atomic E-state index is -0.568. The first-order valence-corrected chi connectivity index (χ1v) is 6.00. The molecule has 0 radical (unpaired) electrons. The van der Waals surface area contributed by atoms with E-state index in [1.165, 1.54) is 7.11 Å². The van der Waals surface area contributed by atoms with E-state index in [1.54, 1.807) is 37.3 Å². The fraction of sp³-hybridized carbons (Fsp3) is 0.143. The summed E-state index contributed by atoms with van der Waals surface area (Å²) >= 11 is 0. The quantitative estimate of drug-likeness (QED) is 0.768. The Hall–Kier alpha value is -2.76. The largest absolute Gasteiger partial charge is 0.495 e. The molecule has 0 aliphatic rings. The Kier molecular flexibility index (Phi) is 2.71. The van der Waals surface area contributed by atoms with Gasteiger partial charge in [-0.25, -0.2) is 4.79 Å². The molecule has 0 spiro atoms. The Morgan fingerprint density at radius 1 is 1.20 bits per heavy atom. The molecule has 20 heavy (non-hydrogen) atoms. The third-order valence-corrected chi connectivity index (χ3v) is 3.06. The molecular formula is C14H12N2O4. The number of aromatic amines is 1. The van der Waals surface area contributed by atoms with Gasteiger partial charge < -0.3 is 14.1 Å². The predicted octanol–water partition coefficient (Wildman–Crippen LogP) is 1.59. The molecule has 3 rings (SSSR count). The Balaban J connectivity index is 2.42. The Morgan fingerprint density at radius 3 is 2.65 bits per heavy atom. The molecule has 0 saturated heterocycles. The van der Waals surface area contributed by atoms with Gasteiger partial charge in [0, 0.05) is 6.07 Å². The molecule has 2 aromatic heterocycles. The summed E-state index contributed by atoms with van der Waals surface area (Å²) in [7, 11) is 1.48. The third-order valence-electron chi connectivity index (χ3n) is 3.06. The molecule has 0 amide bonds. The normalized spacial score (nSPS) is 10.9. The van der Waals surface area contributed by atoms with Crippen molar-refractivity contribution < 1.29 is 9.15 Å². The fourth-order valence-corrected chi connectivity index (χ4v) is 2.13. The van der Waals surface area contributed by atoms with E-state index in [2.05, 4.69) is 4.98 Å². The van der Waals surface area contributed by atoms with Crippen molar-refractivity contribution >= 4 is 10.9 Å². The van der Waals surface area contributed by atoms with Gasteiger partial charge >= 0.3 is 5.69 Å². The zero-order valence-corrected chi connectivity index (χ0v) is 11.0. The lowest BCUT2D eigenvalue weighted by Gasteiger charge is -2.06. The summed E-state index contributed by atoms with van der Waals surface area (Å²) in [5.41, 5.74) is -0.636. The molecule has 0 aliphatic heterocycles. The van der Waals surface area contributed by atoms with Crippen molar-refractivity contribution in [3.05, 3.63) is 56.9 Å². The monoisotopic (exact) mass is 272 g/mol. The highest BCUT2D eigenvalue weighted by Crippen LogP contribution is 2.20. The first kappa shape index (κ1) is 12.3. The van der Waals surface area contributed by atoms with E-state index in [4.69, 9.17) is 9.15 Å². The molecule has 6 heteroatoms. The summed E-state index contributed by atoms with van der Waals surface area (Å²) in [4.78, 5) is 27.2. The zero-order valence-electron chi connectivity index (χ0n) is 11.0. The molecule has 0 bridgehead atoms. The van der Waals surface area contributed by atoms with Crippen LogP contribution in [0.4, 0.5) is 0 Å². The van der Waals surface area contributed by atoms with E-state index in [-0.39, 0.29) is 5.88 Å². The van der Waals surface area contributed by atoms with E-state index in [0.717, 1.165) is 4.57 Å². The smallest absolute Gasteiger partial charge is 0.336 e. The van der Waals surface area contributed by atoms with Gasteiger partial charge in [0.1, 0.15) is 11.5 Å². The van der Waals surface area contributed by atoms with Crippen LogP contribution in [-0.4, -0.2) is 16.7 Å². The maximum Gasteiger partial charge on any atom is 0.336 e. The lowest BCUT2D eigenvalue weighted by atomic mass is 10.2. The highest BCUT2D eigenvalue weighted by atomic mass is 16.5. The second kappa shape index (κ2) is 4.41. The first-order chi connectivity index (χ1) is 9.61. The van der Waals surface area contributed by atoms with E-state index < -0.39 is 11.2 Å². The van der Waals surface area contributed by atoms with Crippen LogP contribution in [0.1, 0.15) is 5.76 Å². The van der Waals surface area contributed by atoms with Gasteiger partial charge in [-0.2, -0.15) is 4.57 Å². The number of hydrogen-bond acceptors (Lipinski definition) is 4. The molecule has 0 atom stereocenters. The van der Waals surface area contributed by atoms with Gasteiger partial charge in [-0.3, -0.25) is 4.79 Å². The van der Waals surface area contributed by atoms with E-state index in [9.17, 15) is 9.59 Å². The van der Waals surface area contributed by atoms with Crippen LogP contribution in [0, 0.1) is 6.92 Å². The van der Waals surface area contributed by atoms with Gasteiger partial charge in [0.25, 0.3) is 5.56 Å². The van der Waals surface area contributed by atoms with Crippen LogP contribution >= 0.6 is 0 Å². The standard InChI is InChI=1S/C14H12N2O4/c1-8-6-7-11(20-8)16-13(17)9-4-3-5-10(19-2)12(9)15-14(16)18/h3-7H,1-2H3,(H,15,18). The number of ether oxygens (including phenoxy) is 1. The first-order valence-electron chi connectivity index (χ1n) is 6.00. The number of rotatable bonds is 2. The van der Waals surface area contributed by atoms with Gasteiger partial charge in [0.05, 0.1) is 18.0 Å². The lowest BCUT2D eigenvalue weighted by molar-refractivity contribution is 0.418. The van der Waals surface area contributed by atoms with Crippen LogP contribution in [0.5, 0.6) is 5.75 Å². The number of hydrogen-bond donors (Lipinski definition) is 1. The van der Waals surface area contributed by atoms with Gasteiger partial charge in [-0.1, -0.05) is 6.07 Å². The minimum Gasteiger partial charge on any atom is -0.495 e. The Labute approximate surface area is 113 Å². The van der Waals surface area contributed by atoms with Crippen LogP contribution in [0.25, 0.3) is 16.8 Å². The minimum absolute atomic E-state index is 0.193. The average Bonchev–Trinajstić information content (AvgIpc) is 2.84. The molecule has 6 nitrogen and oxygen atoms in total. The number of aromatic nitrogens is 2. The number of aryl methyl sites for hydroxylation is 1. The summed E-state index contributed by atoms with van der Waals surface area (Å²) in [5.74, 6) is 1.26. The molecule has 0 unspecified atom stereocenters. The molecule has 0 fully saturated rings. The van der Waals surface area contributed by atoms with Gasteiger partial charge in [0.15, 0.2) is 0 Å². The molecule has 0 aliphatic carbocycles. The number of furan rings is 1. The number of nitrogens with zero attached hydrogens (tertiary/aromatic N) is 1. The molecule has 0 saturated carbocycles. The molecule has 1 aromatic carbocycles. The van der Waals surface area contributed by atoms with Gasteiger partial charge in [0.2, 0.25) is 5.88 Å². The van der Waals surface area contributed by atoms with Crippen molar-refractivity contribution in [1.29, 1.82) is 0 Å². The lowest BCUT2D eigenvalue weighted by Crippen LogP contribution is -2.33. The number of fused-ring (bicyclic) bond motifs is 1. The molecule has 102 valence electrons. The van der Waals surface area contributed by atoms with Crippen molar-refractivity contribution in [2.75, 3.05) is 7.11 Å². The fourth-order valence-electron chi connectivity index (χ4n) is 2.13. The van der Waals surface area contributed by atoms with Crippen LogP contribution in [0.2, 0.25) is 0 Å². The summed E-state index contributed by atoms with van der Waals surface area (Å²) in [6, 6.07) is 8.27. The molecule has 1 N–H and O–H groups in total. The maximum absolute atomic E-state index is 12.5. The van der Waals surface area contributed by atoms with E-state index >= 15 is 0 Å². The summed E-state index contributed by atoms with van der Waals surface area (Å²) in [6.45, 7) is 1.74. The number of H-pyrrole nitrogens is 1. The summed E-state index contributed by atoms with van der Waals surface area (Å²) in [6.07, 6.45) is 0. The van der Waals surface area contributed by atoms with Crippen molar-refractivity contribution in [2.45, 2.75) is 6.92 Å². The van der Waals surface area contributed by atoms with Crippen LogP contribution in [-0.2, 0) is 0 Å². The van der Waals surface area contributed by atoms with Crippen molar-refractivity contribution in [3.63, 3.8) is 0 Å². The van der Waals surface area contributed by atoms with Crippen molar-refractivity contribution in [3.8, 4) is 11.6 Å². The van der Waals surface area contributed by atoms with Crippen molar-refractivity contribution in [2.24, 2.45) is 0 Å². The third kappa shape index (κ3) is 1.73. The van der Waals surface area contributed by atoms with Crippen LogP contribution in [0.15, 0.2) is 44.3 Å². The van der Waals surface area contributed by atoms with Crippen molar-refractivity contribution in [1.82, 2.24) is 9.55 Å². The van der Waals surface area contributed by atoms with Gasteiger partial charge in [-0.15, -0.1) is 0 Å².